The molecule has 2 aliphatic heterocycles. The molecule has 6 nitrogen and oxygen atoms in total. The van der Waals surface area contributed by atoms with E-state index >= 15 is 0 Å². The maximum atomic E-state index is 12.3. The fraction of sp³-hybridized carbons (Fsp3) is 0.846. The molecule has 2 amide bonds. The Morgan fingerprint density at radius 1 is 1.42 bits per heavy atom. The highest BCUT2D eigenvalue weighted by molar-refractivity contribution is 5.77. The molecule has 0 aliphatic carbocycles. The Labute approximate surface area is 113 Å². The Bertz CT molecular complexity index is 342. The van der Waals surface area contributed by atoms with Crippen molar-refractivity contribution in [1.82, 2.24) is 9.80 Å². The number of urea groups is 1. The second-order valence-electron chi connectivity index (χ2n) is 5.23. The predicted molar refractivity (Wildman–Crippen MR) is 68.9 cm³/mol. The molecule has 0 aromatic heterocycles. The second kappa shape index (κ2) is 6.23. The molecular weight excluding hydrogens is 248 g/mol. The average molecular weight is 270 g/mol. The zero-order chi connectivity index (χ0) is 13.8. The molecule has 2 heterocycles. The summed E-state index contributed by atoms with van der Waals surface area (Å²) in [5.74, 6) is -1.22. The molecule has 2 aliphatic rings. The highest BCUT2D eigenvalue weighted by Crippen LogP contribution is 2.19. The molecule has 2 saturated heterocycles. The van der Waals surface area contributed by atoms with Crippen molar-refractivity contribution >= 4 is 12.0 Å². The van der Waals surface area contributed by atoms with Gasteiger partial charge in [0.1, 0.15) is 0 Å². The van der Waals surface area contributed by atoms with E-state index in [9.17, 15) is 9.59 Å². The molecular formula is C13H22N2O4. The van der Waals surface area contributed by atoms with Crippen molar-refractivity contribution in [2.45, 2.75) is 32.3 Å². The number of hydrogen-bond donors (Lipinski definition) is 1. The third kappa shape index (κ3) is 3.37. The van der Waals surface area contributed by atoms with E-state index in [1.165, 1.54) is 0 Å². The van der Waals surface area contributed by atoms with Crippen LogP contribution in [0.15, 0.2) is 0 Å². The minimum absolute atomic E-state index is 0.0539. The first-order valence-electron chi connectivity index (χ1n) is 7.00. The van der Waals surface area contributed by atoms with Gasteiger partial charge in [-0.2, -0.15) is 0 Å². The number of ether oxygens (including phenoxy) is 1. The second-order valence-corrected chi connectivity index (χ2v) is 5.23. The zero-order valence-electron chi connectivity index (χ0n) is 11.4. The number of nitrogens with zero attached hydrogens (tertiary/aromatic N) is 2. The molecule has 19 heavy (non-hydrogen) atoms. The number of aliphatic carboxylic acids is 1. The number of hydrogen-bond acceptors (Lipinski definition) is 3. The van der Waals surface area contributed by atoms with Gasteiger partial charge in [-0.3, -0.25) is 4.79 Å². The van der Waals surface area contributed by atoms with E-state index < -0.39 is 11.9 Å². The van der Waals surface area contributed by atoms with Crippen molar-refractivity contribution in [2.75, 3.05) is 32.8 Å². The van der Waals surface area contributed by atoms with Crippen molar-refractivity contribution in [1.29, 1.82) is 0 Å². The summed E-state index contributed by atoms with van der Waals surface area (Å²) >= 11 is 0. The lowest BCUT2D eigenvalue weighted by Crippen LogP contribution is -2.45. The third-order valence-corrected chi connectivity index (χ3v) is 3.91. The molecule has 108 valence electrons. The summed E-state index contributed by atoms with van der Waals surface area (Å²) < 4.78 is 5.55. The zero-order valence-corrected chi connectivity index (χ0v) is 11.4. The van der Waals surface area contributed by atoms with Gasteiger partial charge in [0.2, 0.25) is 0 Å². The highest BCUT2D eigenvalue weighted by Gasteiger charge is 2.33. The molecule has 2 atom stereocenters. The van der Waals surface area contributed by atoms with Gasteiger partial charge in [-0.05, 0) is 26.2 Å². The van der Waals surface area contributed by atoms with E-state index in [0.717, 1.165) is 19.4 Å². The molecule has 2 unspecified atom stereocenters. The Morgan fingerprint density at radius 2 is 2.21 bits per heavy atom. The summed E-state index contributed by atoms with van der Waals surface area (Å²) in [6.45, 7) is 4.84. The van der Waals surface area contributed by atoms with Gasteiger partial charge in [0.25, 0.3) is 0 Å². The van der Waals surface area contributed by atoms with Gasteiger partial charge in [-0.15, -0.1) is 0 Å². The molecule has 0 saturated carbocycles. The SMILES string of the molecule is CCN(CC1CCCO1)C(=O)N1CCC(C(=O)O)C1. The molecule has 0 spiro atoms. The van der Waals surface area contributed by atoms with E-state index in [4.69, 9.17) is 9.84 Å². The number of carbonyl (C=O) groups excluding carboxylic acids is 1. The number of rotatable bonds is 4. The molecule has 0 aromatic carbocycles. The summed E-state index contributed by atoms with van der Waals surface area (Å²) in [6, 6.07) is -0.0539. The normalized spacial score (nSPS) is 26.7. The number of carboxylic acids is 1. The lowest BCUT2D eigenvalue weighted by molar-refractivity contribution is -0.141. The van der Waals surface area contributed by atoms with Crippen molar-refractivity contribution in [3.8, 4) is 0 Å². The van der Waals surface area contributed by atoms with Crippen LogP contribution in [0.4, 0.5) is 4.79 Å². The van der Waals surface area contributed by atoms with Crippen LogP contribution in [0.1, 0.15) is 26.2 Å². The average Bonchev–Trinajstić information content (AvgIpc) is 3.06. The molecule has 1 N–H and O–H groups in total. The molecule has 2 rings (SSSR count). The van der Waals surface area contributed by atoms with Crippen LogP contribution in [0.3, 0.4) is 0 Å². The topological polar surface area (TPSA) is 70.1 Å². The maximum Gasteiger partial charge on any atom is 0.320 e. The summed E-state index contributed by atoms with van der Waals surface area (Å²) in [5, 5.41) is 8.97. The van der Waals surface area contributed by atoms with Crippen molar-refractivity contribution in [3.63, 3.8) is 0 Å². The minimum Gasteiger partial charge on any atom is -0.481 e. The molecule has 0 aromatic rings. The number of likely N-dealkylation sites (tertiary alicyclic amines) is 1. The lowest BCUT2D eigenvalue weighted by atomic mass is 10.1. The Balaban J connectivity index is 1.87. The number of carbonyl (C=O) groups is 2. The lowest BCUT2D eigenvalue weighted by Gasteiger charge is -2.28. The van der Waals surface area contributed by atoms with Gasteiger partial charge < -0.3 is 19.6 Å². The summed E-state index contributed by atoms with van der Waals surface area (Å²) in [7, 11) is 0. The Hall–Kier alpha value is -1.30. The first-order chi connectivity index (χ1) is 9.11. The fourth-order valence-electron chi connectivity index (χ4n) is 2.71. The molecule has 0 bridgehead atoms. The van der Waals surface area contributed by atoms with Crippen molar-refractivity contribution in [2.24, 2.45) is 5.92 Å². The first-order valence-corrected chi connectivity index (χ1v) is 7.00. The third-order valence-electron chi connectivity index (χ3n) is 3.91. The highest BCUT2D eigenvalue weighted by atomic mass is 16.5. The fourth-order valence-corrected chi connectivity index (χ4v) is 2.71. The Morgan fingerprint density at radius 3 is 2.74 bits per heavy atom. The maximum absolute atomic E-state index is 12.3. The van der Waals surface area contributed by atoms with Crippen LogP contribution in [0.5, 0.6) is 0 Å². The smallest absolute Gasteiger partial charge is 0.320 e. The van der Waals surface area contributed by atoms with Gasteiger partial charge in [0, 0.05) is 32.8 Å². The van der Waals surface area contributed by atoms with Crippen LogP contribution in [-0.4, -0.2) is 65.8 Å². The summed E-state index contributed by atoms with van der Waals surface area (Å²) in [4.78, 5) is 26.7. The molecule has 0 radical (unpaired) electrons. The van der Waals surface area contributed by atoms with Crippen molar-refractivity contribution in [3.05, 3.63) is 0 Å². The number of likely N-dealkylation sites (N-methyl/N-ethyl adjacent to an activating group) is 1. The van der Waals surface area contributed by atoms with E-state index in [0.29, 0.717) is 32.6 Å². The minimum atomic E-state index is -0.808. The summed E-state index contributed by atoms with van der Waals surface area (Å²) in [6.07, 6.45) is 2.75. The largest absolute Gasteiger partial charge is 0.481 e. The van der Waals surface area contributed by atoms with Crippen LogP contribution < -0.4 is 0 Å². The quantitative estimate of drug-likeness (QED) is 0.828. The van der Waals surface area contributed by atoms with E-state index in [1.807, 2.05) is 6.92 Å². The van der Waals surface area contributed by atoms with Gasteiger partial charge in [0.15, 0.2) is 0 Å². The number of carboxylic acid groups (broad SMARTS) is 1. The first kappa shape index (κ1) is 14.1. The van der Waals surface area contributed by atoms with E-state index in [-0.39, 0.29) is 12.1 Å². The van der Waals surface area contributed by atoms with Crippen LogP contribution in [0.25, 0.3) is 0 Å². The standard InChI is InChI=1S/C13H22N2O4/c1-2-14(9-11-4-3-7-19-11)13(18)15-6-5-10(8-15)12(16)17/h10-11H,2-9H2,1H3,(H,16,17). The van der Waals surface area contributed by atoms with Crippen molar-refractivity contribution < 1.29 is 19.4 Å². The number of amides is 2. The van der Waals surface area contributed by atoms with Crippen LogP contribution >= 0.6 is 0 Å². The van der Waals surface area contributed by atoms with Crippen LogP contribution in [0.2, 0.25) is 0 Å². The van der Waals surface area contributed by atoms with Gasteiger partial charge in [-0.25, -0.2) is 4.79 Å². The van der Waals surface area contributed by atoms with E-state index in [2.05, 4.69) is 0 Å². The predicted octanol–water partition coefficient (Wildman–Crippen LogP) is 1.01. The molecule has 6 heteroatoms. The van der Waals surface area contributed by atoms with Gasteiger partial charge in [0.05, 0.1) is 12.0 Å². The van der Waals surface area contributed by atoms with Gasteiger partial charge >= 0.3 is 12.0 Å². The monoisotopic (exact) mass is 270 g/mol. The Kier molecular flexibility index (Phi) is 4.63. The van der Waals surface area contributed by atoms with Gasteiger partial charge in [-0.1, -0.05) is 0 Å². The summed E-state index contributed by atoms with van der Waals surface area (Å²) in [5.41, 5.74) is 0. The molecule has 2 fully saturated rings. The van der Waals surface area contributed by atoms with Crippen LogP contribution in [-0.2, 0) is 9.53 Å². The van der Waals surface area contributed by atoms with Crippen LogP contribution in [0, 0.1) is 5.92 Å². The van der Waals surface area contributed by atoms with E-state index in [1.54, 1.807) is 9.80 Å².